The Hall–Kier alpha value is -6.41. The van der Waals surface area contributed by atoms with Crippen LogP contribution < -0.4 is 26.6 Å². The van der Waals surface area contributed by atoms with Crippen molar-refractivity contribution < 1.29 is 28.8 Å². The number of nitrogens with zero attached hydrogens (tertiary/aromatic N) is 2. The van der Waals surface area contributed by atoms with Crippen LogP contribution in [0.2, 0.25) is 0 Å². The molecule has 58 heavy (non-hydrogen) atoms. The molecular weight excluding hydrogens is 755 g/mol. The molecule has 1 atom stereocenters. The zero-order valence-corrected chi connectivity index (χ0v) is 33.0. The molecule has 6 amide bonds. The summed E-state index contributed by atoms with van der Waals surface area (Å²) in [6, 6.07) is 21.9. The Morgan fingerprint density at radius 1 is 0.879 bits per heavy atom. The number of carbonyl (C=O) groups is 6. The first-order valence-electron chi connectivity index (χ1n) is 19.6. The van der Waals surface area contributed by atoms with E-state index in [1.807, 2.05) is 73.0 Å². The second-order valence-electron chi connectivity index (χ2n) is 14.6. The van der Waals surface area contributed by atoms with Crippen molar-refractivity contribution in [3.05, 3.63) is 118 Å². The first-order chi connectivity index (χ1) is 28.1. The molecule has 1 saturated heterocycles. The monoisotopic (exact) mass is 799 g/mol. The van der Waals surface area contributed by atoms with Gasteiger partial charge in [0, 0.05) is 65.4 Å². The molecule has 0 saturated carbocycles. The summed E-state index contributed by atoms with van der Waals surface area (Å²) in [5.74, 6) is -1.20. The van der Waals surface area contributed by atoms with Gasteiger partial charge in [0.1, 0.15) is 6.04 Å². The molecule has 2 aliphatic rings. The number of fused-ring (bicyclic) bond motifs is 2. The second kappa shape index (κ2) is 18.2. The molecule has 5 N–H and O–H groups in total. The van der Waals surface area contributed by atoms with Crippen LogP contribution in [0.1, 0.15) is 99.1 Å². The molecule has 5 aromatic rings. The fraction of sp³-hybridized carbons (Fsp3) is 0.295. The Bertz CT molecular complexity index is 2390. The number of thiophene rings is 1. The zero-order chi connectivity index (χ0) is 40.6. The van der Waals surface area contributed by atoms with Crippen LogP contribution in [0.4, 0.5) is 17.2 Å². The van der Waals surface area contributed by atoms with Crippen LogP contribution in [0.3, 0.4) is 0 Å². The lowest BCUT2D eigenvalue weighted by atomic mass is 10.0. The number of aromatic nitrogens is 1. The summed E-state index contributed by atoms with van der Waals surface area (Å²) in [4.78, 5) is 82.1. The highest BCUT2D eigenvalue weighted by Gasteiger charge is 2.39. The molecule has 1 unspecified atom stereocenters. The molecule has 2 aliphatic heterocycles. The first kappa shape index (κ1) is 39.8. The van der Waals surface area contributed by atoms with E-state index in [0.29, 0.717) is 54.1 Å². The average Bonchev–Trinajstić information content (AvgIpc) is 3.80. The van der Waals surface area contributed by atoms with Crippen molar-refractivity contribution in [2.75, 3.05) is 17.2 Å². The largest absolute Gasteiger partial charge is 0.352 e. The standard InChI is InChI=1S/C44H45N7O6S/c1-27-11-6-8-13-34(27)48-40-35(49-42(55)33-26-58-37-14-9-7-12-32(33)37)22-29(24-47-40)41(54)45-20-10-4-2-3-5-15-38(52)46-23-28-16-17-31-30(21-28)25-51(44(31)57)36-18-19-39(53)50-43(36)56/h6-9,11-14,16-17,21-22,24,26,36H,2-5,10,15,18-20,23,25H2,1H3,(H,45,54)(H,46,52)(H,47,48)(H,49,55)(H,50,53,56). The Morgan fingerprint density at radius 3 is 2.52 bits per heavy atom. The Morgan fingerprint density at radius 2 is 1.67 bits per heavy atom. The van der Waals surface area contributed by atoms with Crippen LogP contribution in [0.5, 0.6) is 0 Å². The van der Waals surface area contributed by atoms with Gasteiger partial charge in [0.2, 0.25) is 17.7 Å². The zero-order valence-electron chi connectivity index (χ0n) is 32.2. The van der Waals surface area contributed by atoms with Crippen molar-refractivity contribution in [3.8, 4) is 0 Å². The molecule has 2 aromatic heterocycles. The summed E-state index contributed by atoms with van der Waals surface area (Å²) in [7, 11) is 0. The van der Waals surface area contributed by atoms with E-state index < -0.39 is 11.9 Å². The van der Waals surface area contributed by atoms with E-state index in [0.717, 1.165) is 64.6 Å². The summed E-state index contributed by atoms with van der Waals surface area (Å²) < 4.78 is 1.01. The van der Waals surface area contributed by atoms with Gasteiger partial charge in [-0.3, -0.25) is 34.1 Å². The van der Waals surface area contributed by atoms with Crippen LogP contribution in [-0.2, 0) is 27.5 Å². The number of piperidine rings is 1. The summed E-state index contributed by atoms with van der Waals surface area (Å²) in [5.41, 5.74) is 5.32. The number of benzene rings is 3. The van der Waals surface area contributed by atoms with Gasteiger partial charge in [-0.25, -0.2) is 4.98 Å². The number of carbonyl (C=O) groups excluding carboxylic acids is 6. The van der Waals surface area contributed by atoms with Crippen molar-refractivity contribution in [1.29, 1.82) is 0 Å². The van der Waals surface area contributed by atoms with Gasteiger partial charge in [-0.15, -0.1) is 11.3 Å². The van der Waals surface area contributed by atoms with Gasteiger partial charge in [0.25, 0.3) is 17.7 Å². The lowest BCUT2D eigenvalue weighted by Crippen LogP contribution is -2.52. The quantitative estimate of drug-likeness (QED) is 0.0538. The van der Waals surface area contributed by atoms with E-state index in [4.69, 9.17) is 0 Å². The van der Waals surface area contributed by atoms with Crippen LogP contribution >= 0.6 is 11.3 Å². The van der Waals surface area contributed by atoms with Crippen LogP contribution in [0.15, 0.2) is 84.4 Å². The molecule has 0 radical (unpaired) electrons. The highest BCUT2D eigenvalue weighted by Crippen LogP contribution is 2.31. The number of aryl methyl sites for hydroxylation is 1. The van der Waals surface area contributed by atoms with Crippen molar-refractivity contribution >= 4 is 74.1 Å². The molecule has 1 fully saturated rings. The molecule has 0 bridgehead atoms. The van der Waals surface area contributed by atoms with Gasteiger partial charge in [-0.05, 0) is 67.1 Å². The number of unbranched alkanes of at least 4 members (excludes halogenated alkanes) is 4. The molecule has 298 valence electrons. The van der Waals surface area contributed by atoms with Gasteiger partial charge in [0.15, 0.2) is 5.82 Å². The van der Waals surface area contributed by atoms with E-state index in [1.54, 1.807) is 12.1 Å². The van der Waals surface area contributed by atoms with Crippen LogP contribution in [0, 0.1) is 6.92 Å². The molecule has 3 aromatic carbocycles. The lowest BCUT2D eigenvalue weighted by molar-refractivity contribution is -0.137. The maximum atomic E-state index is 13.5. The Kier molecular flexibility index (Phi) is 12.5. The highest BCUT2D eigenvalue weighted by molar-refractivity contribution is 7.17. The molecule has 7 rings (SSSR count). The summed E-state index contributed by atoms with van der Waals surface area (Å²) >= 11 is 1.50. The van der Waals surface area contributed by atoms with Gasteiger partial charge in [-0.2, -0.15) is 0 Å². The first-order valence-corrected chi connectivity index (χ1v) is 20.4. The van der Waals surface area contributed by atoms with Crippen molar-refractivity contribution in [2.45, 2.75) is 77.4 Å². The summed E-state index contributed by atoms with van der Waals surface area (Å²) in [5, 5.41) is 17.2. The van der Waals surface area contributed by atoms with E-state index in [2.05, 4.69) is 31.6 Å². The molecular formula is C44H45N7O6S. The summed E-state index contributed by atoms with van der Waals surface area (Å²) in [6.45, 7) is 3.07. The number of nitrogens with one attached hydrogen (secondary N) is 5. The fourth-order valence-corrected chi connectivity index (χ4v) is 8.18. The predicted molar refractivity (Wildman–Crippen MR) is 223 cm³/mol. The maximum absolute atomic E-state index is 13.5. The number of pyridine rings is 1. The third kappa shape index (κ3) is 9.40. The topological polar surface area (TPSA) is 179 Å². The number of amides is 6. The van der Waals surface area contributed by atoms with Crippen molar-refractivity contribution in [2.24, 2.45) is 0 Å². The second-order valence-corrected chi connectivity index (χ2v) is 15.5. The van der Waals surface area contributed by atoms with E-state index in [1.165, 1.54) is 22.4 Å². The lowest BCUT2D eigenvalue weighted by Gasteiger charge is -2.29. The van der Waals surface area contributed by atoms with E-state index in [-0.39, 0.29) is 42.5 Å². The average molecular weight is 800 g/mol. The minimum absolute atomic E-state index is 0.0537. The van der Waals surface area contributed by atoms with Gasteiger partial charge < -0.3 is 26.2 Å². The Labute approximate surface area is 340 Å². The van der Waals surface area contributed by atoms with E-state index >= 15 is 0 Å². The number of imide groups is 1. The third-order valence-electron chi connectivity index (χ3n) is 10.5. The molecule has 14 heteroatoms. The fourth-order valence-electron chi connectivity index (χ4n) is 7.24. The number of hydrogen-bond acceptors (Lipinski definition) is 9. The van der Waals surface area contributed by atoms with E-state index in [9.17, 15) is 28.8 Å². The molecule has 13 nitrogen and oxygen atoms in total. The van der Waals surface area contributed by atoms with Crippen molar-refractivity contribution in [1.82, 2.24) is 25.8 Å². The van der Waals surface area contributed by atoms with Gasteiger partial charge in [-0.1, -0.05) is 67.8 Å². The number of para-hydroxylation sites is 1. The van der Waals surface area contributed by atoms with Crippen LogP contribution in [0.25, 0.3) is 10.1 Å². The highest BCUT2D eigenvalue weighted by atomic mass is 32.1. The van der Waals surface area contributed by atoms with Crippen molar-refractivity contribution in [3.63, 3.8) is 0 Å². The molecule has 0 spiro atoms. The van der Waals surface area contributed by atoms with Crippen LogP contribution in [-0.4, -0.2) is 57.9 Å². The minimum atomic E-state index is -0.664. The maximum Gasteiger partial charge on any atom is 0.257 e. The molecule has 0 aliphatic carbocycles. The number of anilines is 3. The molecule has 4 heterocycles. The normalized spacial score (nSPS) is 14.9. The van der Waals surface area contributed by atoms with Gasteiger partial charge >= 0.3 is 0 Å². The van der Waals surface area contributed by atoms with Gasteiger partial charge in [0.05, 0.1) is 16.8 Å². The Balaban J connectivity index is 0.830. The number of hydrogen-bond donors (Lipinski definition) is 5. The minimum Gasteiger partial charge on any atom is -0.352 e. The smallest absolute Gasteiger partial charge is 0.257 e. The predicted octanol–water partition coefficient (Wildman–Crippen LogP) is 6.75. The third-order valence-corrected chi connectivity index (χ3v) is 11.4. The SMILES string of the molecule is Cc1ccccc1Nc1ncc(C(=O)NCCCCCCCC(=O)NCc2ccc3c(c2)CN(C2CCC(=O)NC2=O)C3=O)cc1NC(=O)c1csc2ccccc12. The number of rotatable bonds is 16. The summed E-state index contributed by atoms with van der Waals surface area (Å²) in [6.07, 6.45) is 6.60.